The van der Waals surface area contributed by atoms with Crippen molar-refractivity contribution in [3.63, 3.8) is 0 Å². The zero-order valence-electron chi connectivity index (χ0n) is 8.31. The summed E-state index contributed by atoms with van der Waals surface area (Å²) in [5, 5.41) is 0.690. The van der Waals surface area contributed by atoms with Gasteiger partial charge in [-0.3, -0.25) is 5.43 Å². The van der Waals surface area contributed by atoms with Gasteiger partial charge in [0, 0.05) is 21.7 Å². The normalized spacial score (nSPS) is 10.4. The molecule has 0 saturated carbocycles. The molecule has 3 N–H and O–H groups in total. The number of hydrogen-bond acceptors (Lipinski definition) is 5. The van der Waals surface area contributed by atoms with E-state index >= 15 is 0 Å². The summed E-state index contributed by atoms with van der Waals surface area (Å²) in [6, 6.07) is 6.55. The molecule has 0 radical (unpaired) electrons. The van der Waals surface area contributed by atoms with Gasteiger partial charge in [0.15, 0.2) is 5.13 Å². The fourth-order valence-corrected chi connectivity index (χ4v) is 2.84. The Bertz CT molecular complexity index is 473. The highest BCUT2D eigenvalue weighted by Crippen LogP contribution is 2.27. The van der Waals surface area contributed by atoms with Gasteiger partial charge < -0.3 is 0 Å². The minimum Gasteiger partial charge on any atom is -0.300 e. The number of thioether (sulfide) groups is 1. The first-order valence-corrected chi connectivity index (χ1v) is 6.38. The van der Waals surface area contributed by atoms with Gasteiger partial charge in [0.2, 0.25) is 0 Å². The molecule has 3 nitrogen and oxygen atoms in total. The molecule has 6 heteroatoms. The van der Waals surface area contributed by atoms with Crippen molar-refractivity contribution in [2.24, 2.45) is 5.84 Å². The second kappa shape index (κ2) is 5.29. The summed E-state index contributed by atoms with van der Waals surface area (Å²) in [4.78, 5) is 6.07. The fourth-order valence-electron chi connectivity index (χ4n) is 1.15. The maximum atomic E-state index is 12.9. The molecule has 0 saturated heterocycles. The van der Waals surface area contributed by atoms with Gasteiger partial charge in [-0.2, -0.15) is 0 Å². The molecule has 0 fully saturated rings. The minimum absolute atomic E-state index is 0.210. The quantitative estimate of drug-likeness (QED) is 0.501. The van der Waals surface area contributed by atoms with Crippen LogP contribution in [0.1, 0.15) is 4.88 Å². The van der Waals surface area contributed by atoms with Gasteiger partial charge in [0.05, 0.1) is 0 Å². The number of halogens is 1. The number of hydrazine groups is 1. The summed E-state index contributed by atoms with van der Waals surface area (Å²) < 4.78 is 12.9. The Hall–Kier alpha value is -1.11. The van der Waals surface area contributed by atoms with E-state index < -0.39 is 0 Å². The van der Waals surface area contributed by atoms with Crippen LogP contribution in [0.5, 0.6) is 0 Å². The van der Waals surface area contributed by atoms with Gasteiger partial charge >= 0.3 is 0 Å². The van der Waals surface area contributed by atoms with Crippen LogP contribution in [0, 0.1) is 5.82 Å². The molecule has 0 spiro atoms. The second-order valence-corrected chi connectivity index (χ2v) is 5.19. The monoisotopic (exact) mass is 255 g/mol. The first-order chi connectivity index (χ1) is 7.78. The van der Waals surface area contributed by atoms with Gasteiger partial charge in [-0.1, -0.05) is 6.07 Å². The van der Waals surface area contributed by atoms with Gasteiger partial charge in [-0.15, -0.1) is 23.1 Å². The number of benzene rings is 1. The van der Waals surface area contributed by atoms with Crippen molar-refractivity contribution in [1.82, 2.24) is 4.98 Å². The number of nitrogens with zero attached hydrogens (tertiary/aromatic N) is 1. The third kappa shape index (κ3) is 2.94. The van der Waals surface area contributed by atoms with Crippen LogP contribution < -0.4 is 11.3 Å². The Morgan fingerprint density at radius 1 is 1.50 bits per heavy atom. The largest absolute Gasteiger partial charge is 0.300 e. The summed E-state index contributed by atoms with van der Waals surface area (Å²) in [5.41, 5.74) is 2.49. The Morgan fingerprint density at radius 2 is 2.38 bits per heavy atom. The van der Waals surface area contributed by atoms with E-state index in [1.54, 1.807) is 24.0 Å². The maximum Gasteiger partial charge on any atom is 0.197 e. The minimum atomic E-state index is -0.210. The molecule has 0 amide bonds. The second-order valence-electron chi connectivity index (χ2n) is 3.02. The zero-order chi connectivity index (χ0) is 11.4. The van der Waals surface area contributed by atoms with Crippen LogP contribution in [0.25, 0.3) is 0 Å². The van der Waals surface area contributed by atoms with Gasteiger partial charge in [-0.05, 0) is 18.2 Å². The standard InChI is InChI=1S/C10H10FN3S2/c11-7-2-1-3-8(4-7)15-6-9-5-13-10(14-12)16-9/h1-5H,6,12H2,(H,13,14). The van der Waals surface area contributed by atoms with Crippen LogP contribution in [0.4, 0.5) is 9.52 Å². The highest BCUT2D eigenvalue weighted by atomic mass is 32.2. The van der Waals surface area contributed by atoms with E-state index in [2.05, 4.69) is 10.4 Å². The highest BCUT2D eigenvalue weighted by molar-refractivity contribution is 7.98. The Balaban J connectivity index is 1.96. The lowest BCUT2D eigenvalue weighted by molar-refractivity contribution is 0.624. The number of nitrogens with two attached hydrogens (primary N) is 1. The summed E-state index contributed by atoms with van der Waals surface area (Å²) >= 11 is 3.07. The molecule has 0 aliphatic rings. The van der Waals surface area contributed by atoms with E-state index in [1.807, 2.05) is 6.07 Å². The number of aromatic nitrogens is 1. The average Bonchev–Trinajstić information content (AvgIpc) is 2.74. The van der Waals surface area contributed by atoms with Crippen molar-refractivity contribution in [3.8, 4) is 0 Å². The molecule has 0 bridgehead atoms. The van der Waals surface area contributed by atoms with E-state index in [-0.39, 0.29) is 5.82 Å². The number of thiazole rings is 1. The van der Waals surface area contributed by atoms with Crippen molar-refractivity contribution in [2.45, 2.75) is 10.6 Å². The lowest BCUT2D eigenvalue weighted by atomic mass is 10.4. The fraction of sp³-hybridized carbons (Fsp3) is 0.100. The molecule has 84 valence electrons. The average molecular weight is 255 g/mol. The Morgan fingerprint density at radius 3 is 3.06 bits per heavy atom. The molecule has 16 heavy (non-hydrogen) atoms. The van der Waals surface area contributed by atoms with Crippen molar-refractivity contribution in [2.75, 3.05) is 5.43 Å². The Labute approximate surface area is 101 Å². The highest BCUT2D eigenvalue weighted by Gasteiger charge is 2.02. The van der Waals surface area contributed by atoms with Crippen LogP contribution in [0.2, 0.25) is 0 Å². The van der Waals surface area contributed by atoms with E-state index in [1.165, 1.54) is 23.5 Å². The number of rotatable bonds is 4. The maximum absolute atomic E-state index is 12.9. The number of anilines is 1. The van der Waals surface area contributed by atoms with Crippen LogP contribution >= 0.6 is 23.1 Å². The predicted octanol–water partition coefficient (Wildman–Crippen LogP) is 2.86. The third-order valence-corrected chi connectivity index (χ3v) is 4.01. The van der Waals surface area contributed by atoms with E-state index in [9.17, 15) is 4.39 Å². The van der Waals surface area contributed by atoms with Crippen molar-refractivity contribution in [3.05, 3.63) is 41.2 Å². The molecule has 0 aliphatic heterocycles. The van der Waals surface area contributed by atoms with Gasteiger partial charge in [-0.25, -0.2) is 15.2 Å². The topological polar surface area (TPSA) is 50.9 Å². The predicted molar refractivity (Wildman–Crippen MR) is 65.9 cm³/mol. The molecule has 0 atom stereocenters. The van der Waals surface area contributed by atoms with Crippen molar-refractivity contribution < 1.29 is 4.39 Å². The molecule has 0 unspecified atom stereocenters. The third-order valence-electron chi connectivity index (χ3n) is 1.85. The molecule has 1 aromatic heterocycles. The first kappa shape index (κ1) is 11.4. The number of nitrogens with one attached hydrogen (secondary N) is 1. The zero-order valence-corrected chi connectivity index (χ0v) is 9.95. The van der Waals surface area contributed by atoms with Crippen LogP contribution in [0.3, 0.4) is 0 Å². The van der Waals surface area contributed by atoms with Gasteiger partial charge in [0.1, 0.15) is 5.82 Å². The van der Waals surface area contributed by atoms with E-state index in [4.69, 9.17) is 5.84 Å². The number of hydrogen-bond donors (Lipinski definition) is 2. The molecule has 1 heterocycles. The summed E-state index contributed by atoms with van der Waals surface area (Å²) in [5.74, 6) is 5.79. The molecule has 2 rings (SSSR count). The molecule has 0 aliphatic carbocycles. The number of nitrogen functional groups attached to an aromatic ring is 1. The van der Waals surface area contributed by atoms with Gasteiger partial charge in [0.25, 0.3) is 0 Å². The van der Waals surface area contributed by atoms with E-state index in [0.717, 1.165) is 15.5 Å². The lowest BCUT2D eigenvalue weighted by Crippen LogP contribution is -2.05. The van der Waals surface area contributed by atoms with Crippen LogP contribution in [-0.2, 0) is 5.75 Å². The van der Waals surface area contributed by atoms with Crippen molar-refractivity contribution >= 4 is 28.2 Å². The van der Waals surface area contributed by atoms with Crippen LogP contribution in [0.15, 0.2) is 35.4 Å². The summed E-state index contributed by atoms with van der Waals surface area (Å²) in [6.45, 7) is 0. The van der Waals surface area contributed by atoms with Crippen molar-refractivity contribution in [1.29, 1.82) is 0 Å². The molecular formula is C10H10FN3S2. The van der Waals surface area contributed by atoms with Crippen LogP contribution in [-0.4, -0.2) is 4.98 Å². The summed E-state index contributed by atoms with van der Waals surface area (Å²) in [7, 11) is 0. The Kier molecular flexibility index (Phi) is 3.76. The molecule has 1 aromatic carbocycles. The smallest absolute Gasteiger partial charge is 0.197 e. The lowest BCUT2D eigenvalue weighted by Gasteiger charge is -1.98. The SMILES string of the molecule is NNc1ncc(CSc2cccc(F)c2)s1. The van der Waals surface area contributed by atoms with E-state index in [0.29, 0.717) is 5.13 Å². The molecular weight excluding hydrogens is 245 g/mol. The molecule has 2 aromatic rings. The summed E-state index contributed by atoms with van der Waals surface area (Å²) in [6.07, 6.45) is 1.77. The first-order valence-electron chi connectivity index (χ1n) is 4.57.